The van der Waals surface area contributed by atoms with Crippen molar-refractivity contribution in [1.29, 1.82) is 0 Å². The summed E-state index contributed by atoms with van der Waals surface area (Å²) in [6.07, 6.45) is 6.86. The Morgan fingerprint density at radius 1 is 1.11 bits per heavy atom. The normalized spacial score (nSPS) is 19.6. The van der Waals surface area contributed by atoms with E-state index in [-0.39, 0.29) is 0 Å². The first-order valence-electron chi connectivity index (χ1n) is 7.93. The smallest absolute Gasteiger partial charge is 0.0377 e. The topological polar surface area (TPSA) is 12.0 Å². The van der Waals surface area contributed by atoms with Crippen molar-refractivity contribution in [2.75, 3.05) is 6.54 Å². The molecule has 1 saturated carbocycles. The zero-order chi connectivity index (χ0) is 13.9. The highest BCUT2D eigenvalue weighted by molar-refractivity contribution is 5.33. The van der Waals surface area contributed by atoms with Crippen molar-refractivity contribution < 1.29 is 0 Å². The molecule has 0 spiro atoms. The number of hydrogen-bond acceptors (Lipinski definition) is 1. The molecule has 1 aliphatic carbocycles. The third-order valence-electron chi connectivity index (χ3n) is 5.19. The Kier molecular flexibility index (Phi) is 4.67. The first-order valence-corrected chi connectivity index (χ1v) is 7.93. The minimum Gasteiger partial charge on any atom is -0.310 e. The average molecular weight is 259 g/mol. The summed E-state index contributed by atoms with van der Waals surface area (Å²) in [6.45, 7) is 10.1. The van der Waals surface area contributed by atoms with Crippen LogP contribution in [-0.4, -0.2) is 6.54 Å². The Bertz CT molecular complexity index is 416. The average Bonchev–Trinajstić information content (AvgIpc) is 2.89. The fourth-order valence-corrected chi connectivity index (χ4v) is 3.76. The van der Waals surface area contributed by atoms with Gasteiger partial charge in [-0.05, 0) is 61.8 Å². The molecule has 0 heterocycles. The Morgan fingerprint density at radius 2 is 1.79 bits per heavy atom. The van der Waals surface area contributed by atoms with Crippen molar-refractivity contribution >= 4 is 0 Å². The Labute approximate surface area is 118 Å². The summed E-state index contributed by atoms with van der Waals surface area (Å²) < 4.78 is 0. The first kappa shape index (κ1) is 14.6. The molecular formula is C18H29N. The van der Waals surface area contributed by atoms with Crippen LogP contribution in [0.3, 0.4) is 0 Å². The number of hydrogen-bond donors (Lipinski definition) is 1. The maximum absolute atomic E-state index is 3.78. The summed E-state index contributed by atoms with van der Waals surface area (Å²) in [6, 6.07) is 7.56. The van der Waals surface area contributed by atoms with Gasteiger partial charge in [-0.1, -0.05) is 44.9 Å². The molecule has 2 rings (SSSR count). The minimum atomic E-state index is 0.484. The highest BCUT2D eigenvalue weighted by atomic mass is 14.9. The van der Waals surface area contributed by atoms with E-state index in [2.05, 4.69) is 51.2 Å². The first-order chi connectivity index (χ1) is 9.13. The van der Waals surface area contributed by atoms with E-state index in [1.54, 1.807) is 0 Å². The van der Waals surface area contributed by atoms with Gasteiger partial charge < -0.3 is 5.32 Å². The summed E-state index contributed by atoms with van der Waals surface area (Å²) in [5.41, 5.74) is 4.80. The predicted octanol–water partition coefficient (Wildman–Crippen LogP) is 4.92. The van der Waals surface area contributed by atoms with E-state index in [1.165, 1.54) is 48.8 Å². The van der Waals surface area contributed by atoms with Crippen LogP contribution in [0.25, 0.3) is 0 Å². The Balaban J connectivity index is 2.35. The van der Waals surface area contributed by atoms with Gasteiger partial charge in [0.25, 0.3) is 0 Å². The van der Waals surface area contributed by atoms with Crippen LogP contribution >= 0.6 is 0 Å². The summed E-state index contributed by atoms with van der Waals surface area (Å²) >= 11 is 0. The molecule has 1 unspecified atom stereocenters. The third-order valence-corrected chi connectivity index (χ3v) is 5.19. The number of aryl methyl sites for hydroxylation is 2. The molecule has 0 radical (unpaired) electrons. The van der Waals surface area contributed by atoms with Crippen molar-refractivity contribution in [1.82, 2.24) is 5.32 Å². The van der Waals surface area contributed by atoms with E-state index in [0.717, 1.165) is 6.54 Å². The molecule has 1 aromatic carbocycles. The maximum atomic E-state index is 3.78. The number of nitrogens with one attached hydrogen (secondary N) is 1. The van der Waals surface area contributed by atoms with E-state index in [0.29, 0.717) is 11.5 Å². The van der Waals surface area contributed by atoms with E-state index in [1.807, 2.05) is 0 Å². The van der Waals surface area contributed by atoms with E-state index in [9.17, 15) is 0 Å². The minimum absolute atomic E-state index is 0.484. The van der Waals surface area contributed by atoms with Gasteiger partial charge in [-0.25, -0.2) is 0 Å². The van der Waals surface area contributed by atoms with Crippen LogP contribution in [0.4, 0.5) is 0 Å². The second-order valence-electron chi connectivity index (χ2n) is 6.26. The van der Waals surface area contributed by atoms with Crippen molar-refractivity contribution in [2.24, 2.45) is 5.41 Å². The van der Waals surface area contributed by atoms with Crippen LogP contribution in [-0.2, 0) is 0 Å². The van der Waals surface area contributed by atoms with E-state index in [4.69, 9.17) is 0 Å². The largest absolute Gasteiger partial charge is 0.310 e. The summed E-state index contributed by atoms with van der Waals surface area (Å²) in [5.74, 6) is 0. The Morgan fingerprint density at radius 3 is 2.32 bits per heavy atom. The van der Waals surface area contributed by atoms with Gasteiger partial charge in [-0.15, -0.1) is 0 Å². The van der Waals surface area contributed by atoms with Crippen molar-refractivity contribution in [3.8, 4) is 0 Å². The molecule has 1 nitrogen and oxygen atoms in total. The fraction of sp³-hybridized carbons (Fsp3) is 0.667. The van der Waals surface area contributed by atoms with Gasteiger partial charge in [0.1, 0.15) is 0 Å². The molecule has 0 aliphatic heterocycles. The van der Waals surface area contributed by atoms with Gasteiger partial charge >= 0.3 is 0 Å². The van der Waals surface area contributed by atoms with Crippen molar-refractivity contribution in [2.45, 2.75) is 65.8 Å². The van der Waals surface area contributed by atoms with Crippen LogP contribution < -0.4 is 5.32 Å². The Hall–Kier alpha value is -0.820. The second kappa shape index (κ2) is 6.09. The van der Waals surface area contributed by atoms with Crippen LogP contribution in [0.1, 0.15) is 68.7 Å². The van der Waals surface area contributed by atoms with Gasteiger partial charge in [-0.2, -0.15) is 0 Å². The van der Waals surface area contributed by atoms with Crippen LogP contribution in [0.5, 0.6) is 0 Å². The lowest BCUT2D eigenvalue weighted by Crippen LogP contribution is -2.36. The molecule has 1 aliphatic rings. The fourth-order valence-electron chi connectivity index (χ4n) is 3.76. The van der Waals surface area contributed by atoms with E-state index < -0.39 is 0 Å². The third kappa shape index (κ3) is 2.86. The van der Waals surface area contributed by atoms with Crippen LogP contribution in [0.2, 0.25) is 0 Å². The summed E-state index contributed by atoms with van der Waals surface area (Å²) in [7, 11) is 0. The number of benzene rings is 1. The van der Waals surface area contributed by atoms with Gasteiger partial charge in [0, 0.05) is 6.04 Å². The van der Waals surface area contributed by atoms with E-state index >= 15 is 0 Å². The number of rotatable bonds is 5. The molecule has 0 bridgehead atoms. The molecule has 1 heteroatoms. The van der Waals surface area contributed by atoms with Crippen molar-refractivity contribution in [3.05, 3.63) is 34.9 Å². The van der Waals surface area contributed by atoms with Crippen LogP contribution in [0.15, 0.2) is 18.2 Å². The standard InChI is InChI=1S/C18H29N/c1-5-18(11-7-8-12-18)17(19-6-2)16-10-9-14(3)15(4)13-16/h9-10,13,17,19H,5-8,11-12H2,1-4H3. The molecule has 0 amide bonds. The van der Waals surface area contributed by atoms with Gasteiger partial charge in [0.15, 0.2) is 0 Å². The maximum Gasteiger partial charge on any atom is 0.0377 e. The summed E-state index contributed by atoms with van der Waals surface area (Å²) in [4.78, 5) is 0. The zero-order valence-electron chi connectivity index (χ0n) is 13.1. The molecule has 0 saturated heterocycles. The lowest BCUT2D eigenvalue weighted by molar-refractivity contribution is 0.189. The van der Waals surface area contributed by atoms with Gasteiger partial charge in [0.2, 0.25) is 0 Å². The SMILES string of the molecule is CCNC(c1ccc(C)c(C)c1)C1(CC)CCCC1. The molecule has 1 aromatic rings. The molecule has 1 N–H and O–H groups in total. The second-order valence-corrected chi connectivity index (χ2v) is 6.26. The lowest BCUT2D eigenvalue weighted by Gasteiger charge is -2.38. The van der Waals surface area contributed by atoms with Crippen LogP contribution in [0, 0.1) is 19.3 Å². The monoisotopic (exact) mass is 259 g/mol. The highest BCUT2D eigenvalue weighted by Gasteiger charge is 2.40. The molecule has 1 atom stereocenters. The molecule has 0 aromatic heterocycles. The molecule has 1 fully saturated rings. The molecule has 19 heavy (non-hydrogen) atoms. The molecular weight excluding hydrogens is 230 g/mol. The zero-order valence-corrected chi connectivity index (χ0v) is 13.1. The quantitative estimate of drug-likeness (QED) is 0.791. The van der Waals surface area contributed by atoms with Crippen molar-refractivity contribution in [3.63, 3.8) is 0 Å². The summed E-state index contributed by atoms with van der Waals surface area (Å²) in [5, 5.41) is 3.78. The predicted molar refractivity (Wildman–Crippen MR) is 83.5 cm³/mol. The van der Waals surface area contributed by atoms with Gasteiger partial charge in [0.05, 0.1) is 0 Å². The lowest BCUT2D eigenvalue weighted by atomic mass is 9.73. The highest BCUT2D eigenvalue weighted by Crippen LogP contribution is 2.50. The molecule has 106 valence electrons. The van der Waals surface area contributed by atoms with Gasteiger partial charge in [-0.3, -0.25) is 0 Å².